The van der Waals surface area contributed by atoms with Crippen molar-refractivity contribution < 1.29 is 13.2 Å². The summed E-state index contributed by atoms with van der Waals surface area (Å²) in [5.41, 5.74) is 3.87. The second kappa shape index (κ2) is 6.54. The van der Waals surface area contributed by atoms with E-state index in [-0.39, 0.29) is 24.8 Å². The third-order valence-electron chi connectivity index (χ3n) is 4.22. The van der Waals surface area contributed by atoms with Crippen molar-refractivity contribution in [2.75, 3.05) is 0 Å². The molecule has 20 heavy (non-hydrogen) atoms. The monoisotopic (exact) mass is 287 g/mol. The Morgan fingerprint density at radius 3 is 2.30 bits per heavy atom. The Hall–Kier alpha value is -1.14. The molecule has 0 bridgehead atoms. The number of pyridine rings is 1. The van der Waals surface area contributed by atoms with Gasteiger partial charge in [-0.3, -0.25) is 16.3 Å². The Labute approximate surface area is 116 Å². The maximum atomic E-state index is 12.7. The zero-order valence-electron chi connectivity index (χ0n) is 11.2. The lowest BCUT2D eigenvalue weighted by atomic mass is 9.77. The third-order valence-corrected chi connectivity index (χ3v) is 4.22. The number of rotatable bonds is 4. The minimum absolute atomic E-state index is 0.0200. The van der Waals surface area contributed by atoms with Gasteiger partial charge in [0.05, 0.1) is 5.92 Å². The van der Waals surface area contributed by atoms with E-state index in [1.807, 2.05) is 12.1 Å². The minimum atomic E-state index is -4.05. The molecule has 0 amide bonds. The van der Waals surface area contributed by atoms with Gasteiger partial charge >= 0.3 is 6.18 Å². The molecular formula is C14H20F3N3. The van der Waals surface area contributed by atoms with Gasteiger partial charge in [0.2, 0.25) is 0 Å². The first kappa shape index (κ1) is 15.3. The Morgan fingerprint density at radius 2 is 1.80 bits per heavy atom. The lowest BCUT2D eigenvalue weighted by Gasteiger charge is -2.34. The lowest BCUT2D eigenvalue weighted by Crippen LogP contribution is -2.44. The summed E-state index contributed by atoms with van der Waals surface area (Å²) in [5, 5.41) is 0. The van der Waals surface area contributed by atoms with Crippen molar-refractivity contribution in [3.63, 3.8) is 0 Å². The summed E-state index contributed by atoms with van der Waals surface area (Å²) in [5.74, 6) is 4.64. The summed E-state index contributed by atoms with van der Waals surface area (Å²) in [6.07, 6.45) is 1.66. The van der Waals surface area contributed by atoms with Crippen molar-refractivity contribution in [1.82, 2.24) is 10.4 Å². The van der Waals surface area contributed by atoms with Crippen LogP contribution in [-0.2, 0) is 6.42 Å². The number of nitrogens with two attached hydrogens (primary N) is 1. The molecule has 3 nitrogen and oxygen atoms in total. The van der Waals surface area contributed by atoms with E-state index >= 15 is 0 Å². The summed E-state index contributed by atoms with van der Waals surface area (Å²) < 4.78 is 38.0. The highest BCUT2D eigenvalue weighted by molar-refractivity contribution is 5.11. The fourth-order valence-electron chi connectivity index (χ4n) is 2.98. The molecule has 1 aromatic heterocycles. The van der Waals surface area contributed by atoms with Gasteiger partial charge in [0.1, 0.15) is 0 Å². The molecule has 6 heteroatoms. The van der Waals surface area contributed by atoms with Crippen LogP contribution in [0.3, 0.4) is 0 Å². The van der Waals surface area contributed by atoms with Crippen molar-refractivity contribution in [3.8, 4) is 0 Å². The van der Waals surface area contributed by atoms with Gasteiger partial charge in [0.25, 0.3) is 0 Å². The van der Waals surface area contributed by atoms with Gasteiger partial charge < -0.3 is 0 Å². The van der Waals surface area contributed by atoms with Gasteiger partial charge in [-0.2, -0.15) is 13.2 Å². The molecule has 1 heterocycles. The predicted octanol–water partition coefficient (Wildman–Crippen LogP) is 2.82. The second-order valence-electron chi connectivity index (χ2n) is 5.49. The van der Waals surface area contributed by atoms with Crippen molar-refractivity contribution in [2.45, 2.75) is 44.3 Å². The molecule has 1 atom stereocenters. The second-order valence-corrected chi connectivity index (χ2v) is 5.49. The van der Waals surface area contributed by atoms with Crippen LogP contribution < -0.4 is 11.3 Å². The van der Waals surface area contributed by atoms with Gasteiger partial charge in [0.15, 0.2) is 0 Å². The minimum Gasteiger partial charge on any atom is -0.271 e. The Balaban J connectivity index is 1.91. The molecule has 1 fully saturated rings. The molecule has 2 rings (SSSR count). The van der Waals surface area contributed by atoms with Crippen LogP contribution in [0, 0.1) is 11.8 Å². The average molecular weight is 287 g/mol. The van der Waals surface area contributed by atoms with Gasteiger partial charge in [-0.25, -0.2) is 0 Å². The van der Waals surface area contributed by atoms with E-state index in [4.69, 9.17) is 5.84 Å². The highest BCUT2D eigenvalue weighted by Crippen LogP contribution is 2.40. The van der Waals surface area contributed by atoms with Gasteiger partial charge in [0, 0.05) is 18.4 Å². The van der Waals surface area contributed by atoms with E-state index < -0.39 is 12.1 Å². The van der Waals surface area contributed by atoms with Crippen LogP contribution in [0.5, 0.6) is 0 Å². The fraction of sp³-hybridized carbons (Fsp3) is 0.643. The van der Waals surface area contributed by atoms with Crippen molar-refractivity contribution >= 4 is 0 Å². The molecule has 0 radical (unpaired) electrons. The lowest BCUT2D eigenvalue weighted by molar-refractivity contribution is -0.184. The molecule has 0 saturated heterocycles. The normalized spacial score (nSPS) is 25.4. The molecule has 112 valence electrons. The number of hydrogen-bond donors (Lipinski definition) is 2. The summed E-state index contributed by atoms with van der Waals surface area (Å²) in [7, 11) is 0. The molecule has 0 aromatic carbocycles. The number of nitrogens with zero attached hydrogens (tertiary/aromatic N) is 1. The summed E-state index contributed by atoms with van der Waals surface area (Å²) in [4.78, 5) is 3.95. The highest BCUT2D eigenvalue weighted by atomic mass is 19.4. The molecule has 0 spiro atoms. The number of alkyl halides is 3. The SMILES string of the molecule is NNC(Cc1ccncc1)C1CCC(C(F)(F)F)CC1. The number of hydrazine groups is 1. The smallest absolute Gasteiger partial charge is 0.271 e. The molecule has 1 aromatic rings. The van der Waals surface area contributed by atoms with Crippen LogP contribution in [0.4, 0.5) is 13.2 Å². The van der Waals surface area contributed by atoms with Gasteiger partial charge in [-0.1, -0.05) is 0 Å². The van der Waals surface area contributed by atoms with Crippen LogP contribution >= 0.6 is 0 Å². The Kier molecular flexibility index (Phi) is 4.99. The molecule has 1 unspecified atom stereocenters. The Morgan fingerprint density at radius 1 is 1.20 bits per heavy atom. The topological polar surface area (TPSA) is 50.9 Å². The number of nitrogens with one attached hydrogen (secondary N) is 1. The summed E-state index contributed by atoms with van der Waals surface area (Å²) in [6.45, 7) is 0. The molecule has 1 saturated carbocycles. The van der Waals surface area contributed by atoms with Crippen molar-refractivity contribution in [3.05, 3.63) is 30.1 Å². The highest BCUT2D eigenvalue weighted by Gasteiger charge is 2.42. The molecular weight excluding hydrogens is 267 g/mol. The zero-order chi connectivity index (χ0) is 14.6. The number of halogens is 3. The first-order chi connectivity index (χ1) is 9.50. The number of hydrogen-bond acceptors (Lipinski definition) is 3. The largest absolute Gasteiger partial charge is 0.391 e. The summed E-state index contributed by atoms with van der Waals surface area (Å²) >= 11 is 0. The van der Waals surface area contributed by atoms with E-state index in [1.165, 1.54) is 0 Å². The first-order valence-electron chi connectivity index (χ1n) is 6.92. The van der Waals surface area contributed by atoms with Gasteiger partial charge in [-0.15, -0.1) is 0 Å². The first-order valence-corrected chi connectivity index (χ1v) is 6.92. The molecule has 1 aliphatic carbocycles. The van der Waals surface area contributed by atoms with Gasteiger partial charge in [-0.05, 0) is 55.7 Å². The predicted molar refractivity (Wildman–Crippen MR) is 70.6 cm³/mol. The van der Waals surface area contributed by atoms with Crippen LogP contribution in [0.2, 0.25) is 0 Å². The maximum Gasteiger partial charge on any atom is 0.391 e. The van der Waals surface area contributed by atoms with Crippen LogP contribution in [-0.4, -0.2) is 17.2 Å². The fourth-order valence-corrected chi connectivity index (χ4v) is 2.98. The quantitative estimate of drug-likeness (QED) is 0.661. The molecule has 0 aliphatic heterocycles. The van der Waals surface area contributed by atoms with Crippen molar-refractivity contribution in [2.24, 2.45) is 17.7 Å². The van der Waals surface area contributed by atoms with E-state index in [9.17, 15) is 13.2 Å². The van der Waals surface area contributed by atoms with Crippen LogP contribution in [0.1, 0.15) is 31.2 Å². The summed E-state index contributed by atoms with van der Waals surface area (Å²) in [6, 6.07) is 3.84. The maximum absolute atomic E-state index is 12.7. The Bertz CT molecular complexity index is 400. The third kappa shape index (κ3) is 3.93. The van der Waals surface area contributed by atoms with E-state index in [0.29, 0.717) is 12.8 Å². The zero-order valence-corrected chi connectivity index (χ0v) is 11.2. The van der Waals surface area contributed by atoms with E-state index in [1.54, 1.807) is 12.4 Å². The molecule has 1 aliphatic rings. The van der Waals surface area contributed by atoms with Crippen molar-refractivity contribution in [1.29, 1.82) is 0 Å². The van der Waals surface area contributed by atoms with E-state index in [0.717, 1.165) is 12.0 Å². The van der Waals surface area contributed by atoms with E-state index in [2.05, 4.69) is 10.4 Å². The number of aromatic nitrogens is 1. The van der Waals surface area contributed by atoms with Crippen LogP contribution in [0.15, 0.2) is 24.5 Å². The average Bonchev–Trinajstić information content (AvgIpc) is 2.45. The molecule has 3 N–H and O–H groups in total. The standard InChI is InChI=1S/C14H20F3N3/c15-14(16,17)12-3-1-11(2-4-12)13(20-18)9-10-5-7-19-8-6-10/h5-8,11-13,20H,1-4,9,18H2. The van der Waals surface area contributed by atoms with Crippen LogP contribution in [0.25, 0.3) is 0 Å².